The van der Waals surface area contributed by atoms with Gasteiger partial charge in [0.1, 0.15) is 0 Å². The highest BCUT2D eigenvalue weighted by Gasteiger charge is 2.07. The Labute approximate surface area is 123 Å². The molecule has 0 saturated carbocycles. The van der Waals surface area contributed by atoms with Gasteiger partial charge in [0.15, 0.2) is 5.13 Å². The van der Waals surface area contributed by atoms with Crippen LogP contribution in [0.25, 0.3) is 0 Å². The molecular formula is C14H22N2O3S. The Morgan fingerprint density at radius 1 is 1.30 bits per heavy atom. The van der Waals surface area contributed by atoms with E-state index in [-0.39, 0.29) is 11.9 Å². The van der Waals surface area contributed by atoms with E-state index in [1.54, 1.807) is 0 Å². The molecule has 1 N–H and O–H groups in total. The lowest BCUT2D eigenvalue weighted by atomic mass is 10.2. The topological polar surface area (TPSA) is 68.3 Å². The summed E-state index contributed by atoms with van der Waals surface area (Å²) in [5, 5.41) is 5.36. The van der Waals surface area contributed by atoms with E-state index >= 15 is 0 Å². The highest BCUT2D eigenvalue weighted by molar-refractivity contribution is 7.13. The standard InChI is InChI=1S/C14H22N2O3S/c1-3-4-5-8-12(17)16-14-15-11(10-20-14)7-6-9-13(18)19-2/h10H,3-9H2,1-2H3,(H,15,16,17). The Morgan fingerprint density at radius 2 is 2.10 bits per heavy atom. The zero-order chi connectivity index (χ0) is 14.8. The van der Waals surface area contributed by atoms with Crippen LogP contribution in [0.2, 0.25) is 0 Å². The zero-order valence-electron chi connectivity index (χ0n) is 12.1. The van der Waals surface area contributed by atoms with Crippen LogP contribution >= 0.6 is 11.3 Å². The predicted octanol–water partition coefficient (Wildman–Crippen LogP) is 3.16. The largest absolute Gasteiger partial charge is 0.469 e. The first-order valence-corrected chi connectivity index (χ1v) is 7.84. The molecule has 0 unspecified atom stereocenters. The van der Waals surface area contributed by atoms with Gasteiger partial charge in [-0.1, -0.05) is 19.8 Å². The number of nitrogens with one attached hydrogen (secondary N) is 1. The van der Waals surface area contributed by atoms with Crippen LogP contribution < -0.4 is 5.32 Å². The minimum atomic E-state index is -0.204. The highest BCUT2D eigenvalue weighted by atomic mass is 32.1. The quantitative estimate of drug-likeness (QED) is 0.561. The molecule has 0 saturated heterocycles. The number of carbonyl (C=O) groups excluding carboxylic acids is 2. The number of methoxy groups -OCH3 is 1. The van der Waals surface area contributed by atoms with Crippen molar-refractivity contribution < 1.29 is 14.3 Å². The third-order valence-electron chi connectivity index (χ3n) is 2.85. The van der Waals surface area contributed by atoms with E-state index in [0.717, 1.165) is 31.4 Å². The fourth-order valence-electron chi connectivity index (χ4n) is 1.71. The third-order valence-corrected chi connectivity index (χ3v) is 3.65. The minimum absolute atomic E-state index is 0.0221. The van der Waals surface area contributed by atoms with Crippen LogP contribution in [0, 0.1) is 0 Å². The van der Waals surface area contributed by atoms with Gasteiger partial charge in [0.2, 0.25) is 5.91 Å². The van der Waals surface area contributed by atoms with Crippen LogP contribution in [0.4, 0.5) is 5.13 Å². The number of nitrogens with zero attached hydrogens (tertiary/aromatic N) is 1. The summed E-state index contributed by atoms with van der Waals surface area (Å²) < 4.78 is 4.58. The van der Waals surface area contributed by atoms with Gasteiger partial charge >= 0.3 is 5.97 Å². The van der Waals surface area contributed by atoms with Gasteiger partial charge in [0.25, 0.3) is 0 Å². The van der Waals surface area contributed by atoms with Gasteiger partial charge in [-0.3, -0.25) is 9.59 Å². The van der Waals surface area contributed by atoms with E-state index in [0.29, 0.717) is 24.4 Å². The summed E-state index contributed by atoms with van der Waals surface area (Å²) >= 11 is 1.42. The Bertz CT molecular complexity index is 432. The van der Waals surface area contributed by atoms with Crippen LogP contribution in [-0.2, 0) is 20.7 Å². The highest BCUT2D eigenvalue weighted by Crippen LogP contribution is 2.17. The smallest absolute Gasteiger partial charge is 0.305 e. The fraction of sp³-hybridized carbons (Fsp3) is 0.643. The van der Waals surface area contributed by atoms with Gasteiger partial charge in [-0.15, -0.1) is 11.3 Å². The number of unbranched alkanes of at least 4 members (excludes halogenated alkanes) is 2. The average Bonchev–Trinajstić information content (AvgIpc) is 2.86. The van der Waals surface area contributed by atoms with E-state index in [9.17, 15) is 9.59 Å². The second-order valence-electron chi connectivity index (χ2n) is 4.58. The number of ether oxygens (including phenoxy) is 1. The van der Waals surface area contributed by atoms with Crippen molar-refractivity contribution in [3.05, 3.63) is 11.1 Å². The number of aryl methyl sites for hydroxylation is 1. The first-order valence-electron chi connectivity index (χ1n) is 6.96. The number of aromatic nitrogens is 1. The summed E-state index contributed by atoms with van der Waals surface area (Å²) in [6.07, 6.45) is 5.47. The predicted molar refractivity (Wildman–Crippen MR) is 79.8 cm³/mol. The molecule has 0 atom stereocenters. The summed E-state index contributed by atoms with van der Waals surface area (Å²) in [7, 11) is 1.39. The maximum atomic E-state index is 11.6. The van der Waals surface area contributed by atoms with Gasteiger partial charge in [0.05, 0.1) is 12.8 Å². The van der Waals surface area contributed by atoms with Gasteiger partial charge in [-0.2, -0.15) is 0 Å². The lowest BCUT2D eigenvalue weighted by Crippen LogP contribution is -2.10. The van der Waals surface area contributed by atoms with E-state index in [4.69, 9.17) is 0 Å². The molecule has 5 nitrogen and oxygen atoms in total. The molecule has 112 valence electrons. The molecule has 1 heterocycles. The summed E-state index contributed by atoms with van der Waals surface area (Å²) in [5.41, 5.74) is 0.905. The molecule has 0 radical (unpaired) electrons. The summed E-state index contributed by atoms with van der Waals surface area (Å²) in [6.45, 7) is 2.11. The number of esters is 1. The molecule has 0 aromatic carbocycles. The maximum absolute atomic E-state index is 11.6. The van der Waals surface area contributed by atoms with Gasteiger partial charge < -0.3 is 10.1 Å². The van der Waals surface area contributed by atoms with Crippen molar-refractivity contribution in [2.24, 2.45) is 0 Å². The Balaban J connectivity index is 2.28. The fourth-order valence-corrected chi connectivity index (χ4v) is 2.47. The van der Waals surface area contributed by atoms with Crippen LogP contribution in [0.5, 0.6) is 0 Å². The number of carbonyl (C=O) groups is 2. The lowest BCUT2D eigenvalue weighted by Gasteiger charge is -2.00. The Kier molecular flexibility index (Phi) is 7.87. The van der Waals surface area contributed by atoms with Gasteiger partial charge in [-0.05, 0) is 19.3 Å². The van der Waals surface area contributed by atoms with E-state index in [2.05, 4.69) is 22.0 Å². The van der Waals surface area contributed by atoms with Gasteiger partial charge in [-0.25, -0.2) is 4.98 Å². The Morgan fingerprint density at radius 3 is 2.80 bits per heavy atom. The normalized spacial score (nSPS) is 10.3. The molecule has 0 aliphatic carbocycles. The first-order chi connectivity index (χ1) is 9.65. The monoisotopic (exact) mass is 298 g/mol. The number of thiazole rings is 1. The minimum Gasteiger partial charge on any atom is -0.469 e. The van der Waals surface area contributed by atoms with E-state index < -0.39 is 0 Å². The van der Waals surface area contributed by atoms with Crippen molar-refractivity contribution in [3.8, 4) is 0 Å². The van der Waals surface area contributed by atoms with Crippen molar-refractivity contribution in [3.63, 3.8) is 0 Å². The second-order valence-corrected chi connectivity index (χ2v) is 5.44. The molecule has 6 heteroatoms. The van der Waals surface area contributed by atoms with Crippen molar-refractivity contribution in [2.75, 3.05) is 12.4 Å². The zero-order valence-corrected chi connectivity index (χ0v) is 12.9. The molecule has 0 aliphatic heterocycles. The molecule has 1 aromatic rings. The van der Waals surface area contributed by atoms with Crippen molar-refractivity contribution in [1.29, 1.82) is 0 Å². The number of amides is 1. The summed E-state index contributed by atoms with van der Waals surface area (Å²) in [5.74, 6) is -0.182. The van der Waals surface area contributed by atoms with Crippen LogP contribution in [0.1, 0.15) is 51.1 Å². The summed E-state index contributed by atoms with van der Waals surface area (Å²) in [6, 6.07) is 0. The third kappa shape index (κ3) is 6.65. The van der Waals surface area contributed by atoms with Crippen molar-refractivity contribution in [1.82, 2.24) is 4.98 Å². The van der Waals surface area contributed by atoms with Crippen LogP contribution in [0.15, 0.2) is 5.38 Å². The number of anilines is 1. The molecule has 0 spiro atoms. The molecule has 1 rings (SSSR count). The van der Waals surface area contributed by atoms with Crippen LogP contribution in [-0.4, -0.2) is 24.0 Å². The molecular weight excluding hydrogens is 276 g/mol. The Hall–Kier alpha value is -1.43. The number of hydrogen-bond donors (Lipinski definition) is 1. The molecule has 0 bridgehead atoms. The molecule has 0 fully saturated rings. The second kappa shape index (κ2) is 9.47. The van der Waals surface area contributed by atoms with E-state index in [1.165, 1.54) is 18.4 Å². The number of rotatable bonds is 9. The van der Waals surface area contributed by atoms with Gasteiger partial charge in [0, 0.05) is 18.2 Å². The van der Waals surface area contributed by atoms with E-state index in [1.807, 2.05) is 5.38 Å². The lowest BCUT2D eigenvalue weighted by molar-refractivity contribution is -0.140. The SMILES string of the molecule is CCCCCC(=O)Nc1nc(CCCC(=O)OC)cs1. The molecule has 1 amide bonds. The van der Waals surface area contributed by atoms with Crippen molar-refractivity contribution in [2.45, 2.75) is 51.9 Å². The van der Waals surface area contributed by atoms with Crippen molar-refractivity contribution >= 4 is 28.3 Å². The molecule has 1 aromatic heterocycles. The maximum Gasteiger partial charge on any atom is 0.305 e. The summed E-state index contributed by atoms with van der Waals surface area (Å²) in [4.78, 5) is 26.9. The average molecular weight is 298 g/mol. The molecule has 20 heavy (non-hydrogen) atoms. The van der Waals surface area contributed by atoms with Crippen LogP contribution in [0.3, 0.4) is 0 Å². The number of hydrogen-bond acceptors (Lipinski definition) is 5. The first kappa shape index (κ1) is 16.6. The molecule has 0 aliphatic rings.